The molecular formula is C18H18N4O2. The summed E-state index contributed by atoms with van der Waals surface area (Å²) in [4.78, 5) is 21.1. The highest BCUT2D eigenvalue weighted by molar-refractivity contribution is 6.19. The van der Waals surface area contributed by atoms with Gasteiger partial charge in [-0.3, -0.25) is 9.79 Å². The number of carbonyl (C=O) groups excluding carboxylic acids is 1. The Morgan fingerprint density at radius 1 is 1.17 bits per heavy atom. The van der Waals surface area contributed by atoms with Crippen molar-refractivity contribution >= 4 is 28.9 Å². The number of amides is 1. The molecule has 0 spiro atoms. The van der Waals surface area contributed by atoms with Crippen LogP contribution in [0.2, 0.25) is 0 Å². The maximum Gasteiger partial charge on any atom is 0.244 e. The molecule has 6 heteroatoms. The largest absolute Gasteiger partial charge is 0.497 e. The van der Waals surface area contributed by atoms with Crippen molar-refractivity contribution in [1.29, 1.82) is 0 Å². The van der Waals surface area contributed by atoms with E-state index in [2.05, 4.69) is 21.3 Å². The van der Waals surface area contributed by atoms with Crippen molar-refractivity contribution in [3.05, 3.63) is 48.5 Å². The minimum atomic E-state index is -0.0774. The molecule has 1 N–H and O–H groups in total. The van der Waals surface area contributed by atoms with Crippen LogP contribution in [-0.2, 0) is 4.79 Å². The van der Waals surface area contributed by atoms with E-state index in [1.54, 1.807) is 7.11 Å². The van der Waals surface area contributed by atoms with Crippen molar-refractivity contribution in [3.63, 3.8) is 0 Å². The lowest BCUT2D eigenvalue weighted by Gasteiger charge is -2.19. The van der Waals surface area contributed by atoms with Crippen molar-refractivity contribution in [2.75, 3.05) is 41.9 Å². The van der Waals surface area contributed by atoms with Crippen molar-refractivity contribution in [2.45, 2.75) is 0 Å². The van der Waals surface area contributed by atoms with Gasteiger partial charge in [0, 0.05) is 12.2 Å². The number of rotatable bonds is 4. The van der Waals surface area contributed by atoms with E-state index in [4.69, 9.17) is 4.74 Å². The second-order valence-electron chi connectivity index (χ2n) is 5.68. The minimum Gasteiger partial charge on any atom is -0.497 e. The highest BCUT2D eigenvalue weighted by Gasteiger charge is 2.35. The fourth-order valence-electron chi connectivity index (χ4n) is 3.10. The first-order valence-corrected chi connectivity index (χ1v) is 7.89. The number of aliphatic imine (C=N–C) groups is 1. The third-order valence-corrected chi connectivity index (χ3v) is 4.20. The molecule has 1 amide bonds. The zero-order chi connectivity index (χ0) is 16.5. The number of benzene rings is 2. The van der Waals surface area contributed by atoms with Gasteiger partial charge in [-0.2, -0.15) is 0 Å². The predicted molar refractivity (Wildman–Crippen MR) is 95.1 cm³/mol. The standard InChI is InChI=1S/C18H18N4O2/c1-24-14-8-6-13(7-9-14)20-17(23)12-22-16-5-3-2-4-15(16)21-11-10-19-18(21)22/h2-9H,10-12H2,1H3,(H,20,23). The average Bonchev–Trinajstić information content (AvgIpc) is 3.19. The monoisotopic (exact) mass is 322 g/mol. The molecule has 2 aromatic carbocycles. The Bertz CT molecular complexity index is 801. The molecule has 0 saturated heterocycles. The topological polar surface area (TPSA) is 57.2 Å². The second kappa shape index (κ2) is 5.88. The SMILES string of the molecule is COc1ccc(NC(=O)CN2C3=NCCN3c3ccccc32)cc1. The molecule has 0 fully saturated rings. The van der Waals surface area contributed by atoms with Gasteiger partial charge in [-0.1, -0.05) is 12.1 Å². The van der Waals surface area contributed by atoms with Crippen LogP contribution in [0.15, 0.2) is 53.5 Å². The fourth-order valence-corrected chi connectivity index (χ4v) is 3.10. The molecule has 24 heavy (non-hydrogen) atoms. The number of carbonyl (C=O) groups is 1. The summed E-state index contributed by atoms with van der Waals surface area (Å²) in [5.41, 5.74) is 2.89. The Hall–Kier alpha value is -3.02. The number of nitrogens with zero attached hydrogens (tertiary/aromatic N) is 3. The molecule has 2 aromatic rings. The number of methoxy groups -OCH3 is 1. The number of anilines is 3. The molecule has 0 unspecified atom stereocenters. The first kappa shape index (κ1) is 14.6. The molecule has 0 aliphatic carbocycles. The van der Waals surface area contributed by atoms with Gasteiger partial charge in [-0.05, 0) is 36.4 Å². The quantitative estimate of drug-likeness (QED) is 0.939. The summed E-state index contributed by atoms with van der Waals surface area (Å²) in [6, 6.07) is 15.4. The van der Waals surface area contributed by atoms with E-state index >= 15 is 0 Å². The number of para-hydroxylation sites is 2. The summed E-state index contributed by atoms with van der Waals surface area (Å²) < 4.78 is 5.13. The Labute approximate surface area is 140 Å². The van der Waals surface area contributed by atoms with E-state index in [1.165, 1.54) is 0 Å². The van der Waals surface area contributed by atoms with E-state index in [0.29, 0.717) is 0 Å². The lowest BCUT2D eigenvalue weighted by molar-refractivity contribution is -0.114. The molecule has 0 bridgehead atoms. The molecule has 0 radical (unpaired) electrons. The molecule has 2 aliphatic rings. The zero-order valence-electron chi connectivity index (χ0n) is 13.4. The maximum atomic E-state index is 12.5. The van der Waals surface area contributed by atoms with Crippen molar-refractivity contribution in [3.8, 4) is 5.75 Å². The van der Waals surface area contributed by atoms with Gasteiger partial charge in [0.1, 0.15) is 12.3 Å². The average molecular weight is 322 g/mol. The molecule has 122 valence electrons. The summed E-state index contributed by atoms with van der Waals surface area (Å²) in [6.45, 7) is 1.86. The third kappa shape index (κ3) is 2.46. The number of ether oxygens (including phenoxy) is 1. The molecule has 0 aromatic heterocycles. The van der Waals surface area contributed by atoms with Gasteiger partial charge < -0.3 is 19.9 Å². The van der Waals surface area contributed by atoms with Crippen LogP contribution in [0.25, 0.3) is 0 Å². The smallest absolute Gasteiger partial charge is 0.244 e. The third-order valence-electron chi connectivity index (χ3n) is 4.20. The molecule has 2 aliphatic heterocycles. The Morgan fingerprint density at radius 2 is 1.92 bits per heavy atom. The van der Waals surface area contributed by atoms with Crippen LogP contribution in [0.1, 0.15) is 0 Å². The Balaban J connectivity index is 1.51. The van der Waals surface area contributed by atoms with Gasteiger partial charge in [0.05, 0.1) is 25.0 Å². The van der Waals surface area contributed by atoms with Crippen LogP contribution in [0.4, 0.5) is 17.1 Å². The van der Waals surface area contributed by atoms with Gasteiger partial charge in [0.25, 0.3) is 0 Å². The lowest BCUT2D eigenvalue weighted by Crippen LogP contribution is -2.40. The first-order valence-electron chi connectivity index (χ1n) is 7.89. The molecule has 0 saturated carbocycles. The van der Waals surface area contributed by atoms with Crippen LogP contribution in [0.3, 0.4) is 0 Å². The van der Waals surface area contributed by atoms with Crippen molar-refractivity contribution in [1.82, 2.24) is 0 Å². The molecule has 2 heterocycles. The summed E-state index contributed by atoms with van der Waals surface area (Å²) in [5, 5.41) is 2.92. The van der Waals surface area contributed by atoms with Gasteiger partial charge in [0.2, 0.25) is 11.9 Å². The van der Waals surface area contributed by atoms with E-state index in [1.807, 2.05) is 47.4 Å². The van der Waals surface area contributed by atoms with E-state index < -0.39 is 0 Å². The van der Waals surface area contributed by atoms with Crippen LogP contribution < -0.4 is 19.9 Å². The molecule has 4 rings (SSSR count). The van der Waals surface area contributed by atoms with E-state index in [0.717, 1.165) is 41.9 Å². The summed E-state index contributed by atoms with van der Waals surface area (Å²) in [7, 11) is 1.62. The van der Waals surface area contributed by atoms with E-state index in [9.17, 15) is 4.79 Å². The number of hydrogen-bond acceptors (Lipinski definition) is 5. The van der Waals surface area contributed by atoms with Crippen LogP contribution in [0.5, 0.6) is 5.75 Å². The molecule has 6 nitrogen and oxygen atoms in total. The minimum absolute atomic E-state index is 0.0774. The van der Waals surface area contributed by atoms with Crippen LogP contribution in [-0.4, -0.2) is 38.6 Å². The number of nitrogens with one attached hydrogen (secondary N) is 1. The van der Waals surface area contributed by atoms with Gasteiger partial charge in [0.15, 0.2) is 0 Å². The number of guanidine groups is 1. The number of fused-ring (bicyclic) bond motifs is 3. The normalized spacial score (nSPS) is 15.0. The van der Waals surface area contributed by atoms with Crippen LogP contribution in [0, 0.1) is 0 Å². The summed E-state index contributed by atoms with van der Waals surface area (Å²) in [6.07, 6.45) is 0. The lowest BCUT2D eigenvalue weighted by atomic mass is 10.2. The highest BCUT2D eigenvalue weighted by atomic mass is 16.5. The fraction of sp³-hybridized carbons (Fsp3) is 0.222. The van der Waals surface area contributed by atoms with E-state index in [-0.39, 0.29) is 12.5 Å². The zero-order valence-corrected chi connectivity index (χ0v) is 13.4. The van der Waals surface area contributed by atoms with Crippen LogP contribution >= 0.6 is 0 Å². The summed E-state index contributed by atoms with van der Waals surface area (Å²) >= 11 is 0. The molecule has 0 atom stereocenters. The van der Waals surface area contributed by atoms with Gasteiger partial charge in [-0.25, -0.2) is 0 Å². The van der Waals surface area contributed by atoms with Crippen molar-refractivity contribution < 1.29 is 9.53 Å². The summed E-state index contributed by atoms with van der Waals surface area (Å²) in [5.74, 6) is 1.55. The maximum absolute atomic E-state index is 12.5. The first-order chi connectivity index (χ1) is 11.8. The second-order valence-corrected chi connectivity index (χ2v) is 5.68. The Kier molecular flexibility index (Phi) is 3.57. The highest BCUT2D eigenvalue weighted by Crippen LogP contribution is 2.38. The van der Waals surface area contributed by atoms with Gasteiger partial charge in [-0.15, -0.1) is 0 Å². The molecular weight excluding hydrogens is 304 g/mol. The predicted octanol–water partition coefficient (Wildman–Crippen LogP) is 2.33. The number of hydrogen-bond donors (Lipinski definition) is 1. The van der Waals surface area contributed by atoms with Crippen molar-refractivity contribution in [2.24, 2.45) is 4.99 Å². The Morgan fingerprint density at radius 3 is 2.67 bits per heavy atom. The van der Waals surface area contributed by atoms with Gasteiger partial charge >= 0.3 is 0 Å².